The number of rotatable bonds is 3. The predicted octanol–water partition coefficient (Wildman–Crippen LogP) is 11.3. The van der Waals surface area contributed by atoms with Crippen molar-refractivity contribution >= 4 is 43.1 Å². The zero-order chi connectivity index (χ0) is 26.5. The Bertz CT molecular complexity index is 2120. The highest BCUT2D eigenvalue weighted by Crippen LogP contribution is 2.45. The van der Waals surface area contributed by atoms with Crippen LogP contribution in [0.25, 0.3) is 76.5 Å². The van der Waals surface area contributed by atoms with Gasteiger partial charge in [0.15, 0.2) is 0 Å². The highest BCUT2D eigenvalue weighted by atomic mass is 14.2. The van der Waals surface area contributed by atoms with Gasteiger partial charge in [0.25, 0.3) is 0 Å². The van der Waals surface area contributed by atoms with Crippen molar-refractivity contribution in [1.82, 2.24) is 0 Å². The van der Waals surface area contributed by atoms with Crippen LogP contribution in [0.4, 0.5) is 0 Å². The Morgan fingerprint density at radius 2 is 0.500 bits per heavy atom. The van der Waals surface area contributed by atoms with Gasteiger partial charge in [-0.2, -0.15) is 0 Å². The van der Waals surface area contributed by atoms with Gasteiger partial charge in [0.1, 0.15) is 0 Å². The lowest BCUT2D eigenvalue weighted by Gasteiger charge is -2.19. The molecule has 0 aliphatic carbocycles. The fourth-order valence-corrected chi connectivity index (χ4v) is 6.47. The van der Waals surface area contributed by atoms with Gasteiger partial charge in [0, 0.05) is 0 Å². The van der Waals surface area contributed by atoms with Gasteiger partial charge in [0.2, 0.25) is 0 Å². The van der Waals surface area contributed by atoms with Crippen LogP contribution in [0.2, 0.25) is 0 Å². The van der Waals surface area contributed by atoms with Crippen LogP contribution in [-0.4, -0.2) is 0 Å². The van der Waals surface area contributed by atoms with Crippen LogP contribution in [0.3, 0.4) is 0 Å². The van der Waals surface area contributed by atoms with Crippen molar-refractivity contribution in [1.29, 1.82) is 0 Å². The molecule has 0 aliphatic heterocycles. The highest BCUT2D eigenvalue weighted by Gasteiger charge is 2.17. The second kappa shape index (κ2) is 9.22. The van der Waals surface area contributed by atoms with Crippen LogP contribution in [0, 0.1) is 0 Å². The quantitative estimate of drug-likeness (QED) is 0.223. The van der Waals surface area contributed by atoms with E-state index in [-0.39, 0.29) is 0 Å². The molecule has 0 heteroatoms. The minimum Gasteiger partial charge on any atom is -0.0616 e. The molecule has 0 saturated heterocycles. The third-order valence-corrected chi connectivity index (χ3v) is 8.28. The van der Waals surface area contributed by atoms with E-state index in [1.165, 1.54) is 76.5 Å². The first-order valence-electron chi connectivity index (χ1n) is 13.9. The van der Waals surface area contributed by atoms with Gasteiger partial charge in [0.05, 0.1) is 0 Å². The van der Waals surface area contributed by atoms with Crippen LogP contribution < -0.4 is 0 Å². The minimum absolute atomic E-state index is 1.26. The standard InChI is InChI=1S/C40H26/c1-4-17-30-27(11-1)14-7-20-33(30)36-25-26-39(35-22-9-16-29-13-3-6-19-32(29)35)40-37(23-10-24-38(36)40)34-21-8-15-28-12-2-5-18-31(28)34/h1-26H. The summed E-state index contributed by atoms with van der Waals surface area (Å²) < 4.78 is 0. The summed E-state index contributed by atoms with van der Waals surface area (Å²) in [5, 5.41) is 10.2. The highest BCUT2D eigenvalue weighted by molar-refractivity contribution is 6.18. The topological polar surface area (TPSA) is 0 Å². The second-order valence-electron chi connectivity index (χ2n) is 10.5. The molecule has 0 spiro atoms. The molecule has 0 aromatic heterocycles. The third kappa shape index (κ3) is 3.54. The number of benzene rings is 8. The van der Waals surface area contributed by atoms with E-state index >= 15 is 0 Å². The molecule has 8 aromatic carbocycles. The first-order chi connectivity index (χ1) is 19.9. The van der Waals surface area contributed by atoms with E-state index in [1.807, 2.05) is 0 Å². The Morgan fingerprint density at radius 3 is 1.02 bits per heavy atom. The molecular weight excluding hydrogens is 480 g/mol. The smallest absolute Gasteiger partial charge is 0.00201 e. The Balaban J connectivity index is 1.53. The molecule has 0 unspecified atom stereocenters. The van der Waals surface area contributed by atoms with Gasteiger partial charge in [-0.1, -0.05) is 158 Å². The Labute approximate surface area is 233 Å². The van der Waals surface area contributed by atoms with Crippen molar-refractivity contribution in [2.75, 3.05) is 0 Å². The summed E-state index contributed by atoms with van der Waals surface area (Å²) in [6.45, 7) is 0. The summed E-state index contributed by atoms with van der Waals surface area (Å²) in [7, 11) is 0. The fourth-order valence-electron chi connectivity index (χ4n) is 6.47. The number of hydrogen-bond donors (Lipinski definition) is 0. The van der Waals surface area contributed by atoms with Gasteiger partial charge >= 0.3 is 0 Å². The molecule has 0 fully saturated rings. The van der Waals surface area contributed by atoms with Gasteiger partial charge in [-0.15, -0.1) is 0 Å². The predicted molar refractivity (Wildman–Crippen MR) is 173 cm³/mol. The molecule has 8 rings (SSSR count). The number of hydrogen-bond acceptors (Lipinski definition) is 0. The molecule has 8 aromatic rings. The van der Waals surface area contributed by atoms with Gasteiger partial charge < -0.3 is 0 Å². The maximum absolute atomic E-state index is 2.34. The molecule has 0 saturated carbocycles. The van der Waals surface area contributed by atoms with Crippen LogP contribution in [0.5, 0.6) is 0 Å². The maximum atomic E-state index is 2.34. The lowest BCUT2D eigenvalue weighted by molar-refractivity contribution is 1.64. The van der Waals surface area contributed by atoms with Crippen molar-refractivity contribution in [2.24, 2.45) is 0 Å². The average Bonchev–Trinajstić information content (AvgIpc) is 3.03. The van der Waals surface area contributed by atoms with E-state index in [2.05, 4.69) is 158 Å². The summed E-state index contributed by atoms with van der Waals surface area (Å²) in [5.41, 5.74) is 7.58. The van der Waals surface area contributed by atoms with Crippen molar-refractivity contribution in [3.8, 4) is 33.4 Å². The van der Waals surface area contributed by atoms with Crippen molar-refractivity contribution in [3.63, 3.8) is 0 Å². The molecule has 0 aliphatic rings. The zero-order valence-corrected chi connectivity index (χ0v) is 22.0. The van der Waals surface area contributed by atoms with Crippen LogP contribution in [0.15, 0.2) is 158 Å². The Hall–Kier alpha value is -5.20. The van der Waals surface area contributed by atoms with Crippen molar-refractivity contribution < 1.29 is 0 Å². The van der Waals surface area contributed by atoms with Crippen LogP contribution in [-0.2, 0) is 0 Å². The largest absolute Gasteiger partial charge is 0.0616 e. The molecule has 0 N–H and O–H groups in total. The third-order valence-electron chi connectivity index (χ3n) is 8.28. The fraction of sp³-hybridized carbons (Fsp3) is 0. The van der Waals surface area contributed by atoms with Gasteiger partial charge in [-0.25, -0.2) is 0 Å². The first kappa shape index (κ1) is 22.8. The van der Waals surface area contributed by atoms with E-state index in [0.29, 0.717) is 0 Å². The van der Waals surface area contributed by atoms with Gasteiger partial charge in [-0.3, -0.25) is 0 Å². The SMILES string of the molecule is c1ccc2c(-c3ccc(-c4cccc5ccccc45)c4c(-c5cccc6ccccc56)cccc34)cccc2c1. The van der Waals surface area contributed by atoms with E-state index in [0.717, 1.165) is 0 Å². The maximum Gasteiger partial charge on any atom is -0.00201 e. The number of fused-ring (bicyclic) bond motifs is 4. The van der Waals surface area contributed by atoms with E-state index in [9.17, 15) is 0 Å². The molecule has 0 nitrogen and oxygen atoms in total. The minimum atomic E-state index is 1.26. The lowest BCUT2D eigenvalue weighted by atomic mass is 9.84. The summed E-state index contributed by atoms with van der Waals surface area (Å²) in [5.74, 6) is 0. The molecular formula is C40H26. The zero-order valence-electron chi connectivity index (χ0n) is 22.0. The normalized spacial score (nSPS) is 11.5. The van der Waals surface area contributed by atoms with Crippen molar-refractivity contribution in [2.45, 2.75) is 0 Å². The van der Waals surface area contributed by atoms with E-state index in [1.54, 1.807) is 0 Å². The van der Waals surface area contributed by atoms with Crippen LogP contribution >= 0.6 is 0 Å². The summed E-state index contributed by atoms with van der Waals surface area (Å²) in [6.07, 6.45) is 0. The monoisotopic (exact) mass is 506 g/mol. The molecule has 40 heavy (non-hydrogen) atoms. The Morgan fingerprint density at radius 1 is 0.200 bits per heavy atom. The summed E-state index contributed by atoms with van der Waals surface area (Å²) >= 11 is 0. The molecule has 0 radical (unpaired) electrons. The summed E-state index contributed by atoms with van der Waals surface area (Å²) in [4.78, 5) is 0. The van der Waals surface area contributed by atoms with E-state index in [4.69, 9.17) is 0 Å². The van der Waals surface area contributed by atoms with Crippen LogP contribution in [0.1, 0.15) is 0 Å². The molecule has 0 atom stereocenters. The average molecular weight is 507 g/mol. The Kier molecular flexibility index (Phi) is 5.24. The first-order valence-corrected chi connectivity index (χ1v) is 13.9. The van der Waals surface area contributed by atoms with Crippen molar-refractivity contribution in [3.05, 3.63) is 158 Å². The molecule has 0 heterocycles. The lowest BCUT2D eigenvalue weighted by Crippen LogP contribution is -1.92. The molecule has 0 bridgehead atoms. The van der Waals surface area contributed by atoms with E-state index < -0.39 is 0 Å². The van der Waals surface area contributed by atoms with Gasteiger partial charge in [-0.05, 0) is 76.5 Å². The molecule has 186 valence electrons. The molecule has 0 amide bonds. The second-order valence-corrected chi connectivity index (χ2v) is 10.5. The summed E-state index contributed by atoms with van der Waals surface area (Å²) in [6, 6.07) is 57.6.